The molecular formula is C24H19ClF2N2O2. The van der Waals surface area contributed by atoms with Gasteiger partial charge in [-0.2, -0.15) is 0 Å². The molecule has 1 amide bonds. The van der Waals surface area contributed by atoms with E-state index in [0.29, 0.717) is 17.2 Å². The van der Waals surface area contributed by atoms with Gasteiger partial charge in [0.05, 0.1) is 17.8 Å². The number of halogens is 3. The number of benzene rings is 3. The average molecular weight is 441 g/mol. The molecule has 0 aliphatic carbocycles. The summed E-state index contributed by atoms with van der Waals surface area (Å²) >= 11 is 6.09. The maximum Gasteiger partial charge on any atom is 0.257 e. The lowest BCUT2D eigenvalue weighted by atomic mass is 10.0. The Balaban J connectivity index is 1.53. The fourth-order valence-corrected chi connectivity index (χ4v) is 3.68. The summed E-state index contributed by atoms with van der Waals surface area (Å²) in [5.74, 6) is -1.36. The first-order valence-corrected chi connectivity index (χ1v) is 10.1. The van der Waals surface area contributed by atoms with Crippen LogP contribution in [0.3, 0.4) is 0 Å². The van der Waals surface area contributed by atoms with Crippen molar-refractivity contribution < 1.29 is 18.4 Å². The normalized spacial score (nSPS) is 15.3. The first kappa shape index (κ1) is 21.0. The van der Waals surface area contributed by atoms with Crippen LogP contribution in [-0.4, -0.2) is 29.2 Å². The van der Waals surface area contributed by atoms with Crippen molar-refractivity contribution in [2.75, 3.05) is 6.54 Å². The van der Waals surface area contributed by atoms with Crippen LogP contribution < -0.4 is 0 Å². The Morgan fingerprint density at radius 3 is 2.58 bits per heavy atom. The number of hydrogen-bond donors (Lipinski definition) is 0. The minimum absolute atomic E-state index is 0.0119. The summed E-state index contributed by atoms with van der Waals surface area (Å²) in [6, 6.07) is 19.0. The van der Waals surface area contributed by atoms with Gasteiger partial charge >= 0.3 is 0 Å². The maximum atomic E-state index is 14.3. The number of oxime groups is 1. The third kappa shape index (κ3) is 5.09. The minimum atomic E-state index is -0.584. The average Bonchev–Trinajstić information content (AvgIpc) is 3.22. The van der Waals surface area contributed by atoms with Crippen molar-refractivity contribution in [3.63, 3.8) is 0 Å². The van der Waals surface area contributed by atoms with E-state index in [9.17, 15) is 13.6 Å². The van der Waals surface area contributed by atoms with Gasteiger partial charge < -0.3 is 9.74 Å². The highest BCUT2D eigenvalue weighted by atomic mass is 35.5. The minimum Gasteiger partial charge on any atom is -0.390 e. The molecule has 0 spiro atoms. The van der Waals surface area contributed by atoms with Crippen molar-refractivity contribution in [3.05, 3.63) is 106 Å². The molecule has 0 saturated heterocycles. The van der Waals surface area contributed by atoms with Gasteiger partial charge in [-0.15, -0.1) is 0 Å². The van der Waals surface area contributed by atoms with Gasteiger partial charge in [0.1, 0.15) is 11.6 Å². The molecule has 4 nitrogen and oxygen atoms in total. The Hall–Kier alpha value is -3.25. The highest BCUT2D eigenvalue weighted by Crippen LogP contribution is 2.21. The molecule has 3 aromatic carbocycles. The van der Waals surface area contributed by atoms with Crippen LogP contribution in [0.25, 0.3) is 0 Å². The summed E-state index contributed by atoms with van der Waals surface area (Å²) in [4.78, 5) is 20.2. The van der Waals surface area contributed by atoms with E-state index in [0.717, 1.165) is 11.1 Å². The van der Waals surface area contributed by atoms with Gasteiger partial charge in [0.15, 0.2) is 6.10 Å². The number of hydrogen-bond acceptors (Lipinski definition) is 3. The first-order valence-electron chi connectivity index (χ1n) is 9.76. The Kier molecular flexibility index (Phi) is 6.28. The predicted octanol–water partition coefficient (Wildman–Crippen LogP) is 5.45. The van der Waals surface area contributed by atoms with Crippen LogP contribution in [0.15, 0.2) is 78.0 Å². The second-order valence-electron chi connectivity index (χ2n) is 7.27. The van der Waals surface area contributed by atoms with E-state index in [-0.39, 0.29) is 24.5 Å². The predicted molar refractivity (Wildman–Crippen MR) is 115 cm³/mol. The molecular weight excluding hydrogens is 422 g/mol. The van der Waals surface area contributed by atoms with Crippen molar-refractivity contribution in [3.8, 4) is 0 Å². The molecule has 0 bridgehead atoms. The standard InChI is InChI=1S/C24H19ClF2N2O2/c25-18-5-3-4-16(12-18)14-29(24(30)21-6-1-2-7-22(21)27)15-20-13-23(28-31-20)17-8-10-19(26)11-9-17/h1-12,20H,13-15H2/t20-/m1/s1. The van der Waals surface area contributed by atoms with E-state index in [1.165, 1.54) is 35.2 Å². The maximum absolute atomic E-state index is 14.3. The SMILES string of the molecule is O=C(c1ccccc1F)N(Cc1cccc(Cl)c1)C[C@H]1CC(c2ccc(F)cc2)=NO1. The van der Waals surface area contributed by atoms with E-state index in [2.05, 4.69) is 5.16 Å². The summed E-state index contributed by atoms with van der Waals surface area (Å²) < 4.78 is 27.5. The summed E-state index contributed by atoms with van der Waals surface area (Å²) in [5, 5.41) is 4.65. The number of carbonyl (C=O) groups excluding carboxylic acids is 1. The van der Waals surface area contributed by atoms with Crippen molar-refractivity contribution in [1.29, 1.82) is 0 Å². The second kappa shape index (κ2) is 9.27. The number of nitrogens with zero attached hydrogens (tertiary/aromatic N) is 2. The Bertz CT molecular complexity index is 1120. The highest BCUT2D eigenvalue weighted by Gasteiger charge is 2.28. The molecule has 1 heterocycles. The Morgan fingerprint density at radius 1 is 1.06 bits per heavy atom. The van der Waals surface area contributed by atoms with Gasteiger partial charge in [-0.1, -0.05) is 53.2 Å². The molecule has 1 atom stereocenters. The quantitative estimate of drug-likeness (QED) is 0.511. The van der Waals surface area contributed by atoms with Crippen LogP contribution in [0, 0.1) is 11.6 Å². The van der Waals surface area contributed by atoms with E-state index in [1.54, 1.807) is 36.4 Å². The lowest BCUT2D eigenvalue weighted by molar-refractivity contribution is 0.0402. The van der Waals surface area contributed by atoms with E-state index in [4.69, 9.17) is 16.4 Å². The van der Waals surface area contributed by atoms with Gasteiger partial charge in [0, 0.05) is 18.0 Å². The molecule has 0 fully saturated rings. The number of carbonyl (C=O) groups is 1. The van der Waals surface area contributed by atoms with Gasteiger partial charge in [-0.3, -0.25) is 4.79 Å². The first-order chi connectivity index (χ1) is 15.0. The fourth-order valence-electron chi connectivity index (χ4n) is 3.46. The lowest BCUT2D eigenvalue weighted by Crippen LogP contribution is -2.37. The second-order valence-corrected chi connectivity index (χ2v) is 7.71. The van der Waals surface area contributed by atoms with E-state index < -0.39 is 17.8 Å². The Morgan fingerprint density at radius 2 is 1.84 bits per heavy atom. The van der Waals surface area contributed by atoms with E-state index >= 15 is 0 Å². The smallest absolute Gasteiger partial charge is 0.257 e. The number of rotatable bonds is 6. The topological polar surface area (TPSA) is 41.9 Å². The zero-order chi connectivity index (χ0) is 21.8. The van der Waals surface area contributed by atoms with E-state index in [1.807, 2.05) is 6.07 Å². The van der Waals surface area contributed by atoms with Crippen molar-refractivity contribution >= 4 is 23.2 Å². The monoisotopic (exact) mass is 440 g/mol. The van der Waals surface area contributed by atoms with Crippen LogP contribution in [0.1, 0.15) is 27.9 Å². The van der Waals surface area contributed by atoms with Gasteiger partial charge in [0.2, 0.25) is 0 Å². The third-order valence-electron chi connectivity index (χ3n) is 4.99. The molecule has 3 aromatic rings. The van der Waals surface area contributed by atoms with Crippen LogP contribution in [0.5, 0.6) is 0 Å². The van der Waals surface area contributed by atoms with Crippen LogP contribution >= 0.6 is 11.6 Å². The number of amides is 1. The Labute approximate surface area is 183 Å². The molecule has 158 valence electrons. The molecule has 1 aliphatic heterocycles. The molecule has 0 aromatic heterocycles. The van der Waals surface area contributed by atoms with Gasteiger partial charge in [0.25, 0.3) is 5.91 Å². The van der Waals surface area contributed by atoms with Crippen molar-refractivity contribution in [1.82, 2.24) is 4.90 Å². The molecule has 1 aliphatic rings. The molecule has 0 radical (unpaired) electrons. The largest absolute Gasteiger partial charge is 0.390 e. The van der Waals surface area contributed by atoms with Crippen molar-refractivity contribution in [2.24, 2.45) is 5.16 Å². The van der Waals surface area contributed by atoms with Crippen molar-refractivity contribution in [2.45, 2.75) is 19.1 Å². The fraction of sp³-hybridized carbons (Fsp3) is 0.167. The van der Waals surface area contributed by atoms with Crippen LogP contribution in [0.2, 0.25) is 5.02 Å². The molecule has 7 heteroatoms. The van der Waals surface area contributed by atoms with Crippen LogP contribution in [0.4, 0.5) is 8.78 Å². The van der Waals surface area contributed by atoms with Gasteiger partial charge in [-0.25, -0.2) is 8.78 Å². The molecule has 0 unspecified atom stereocenters. The van der Waals surface area contributed by atoms with Gasteiger partial charge in [-0.05, 0) is 47.5 Å². The zero-order valence-electron chi connectivity index (χ0n) is 16.5. The molecule has 0 saturated carbocycles. The molecule has 31 heavy (non-hydrogen) atoms. The molecule has 0 N–H and O–H groups in total. The summed E-state index contributed by atoms with van der Waals surface area (Å²) in [6.45, 7) is 0.438. The summed E-state index contributed by atoms with van der Waals surface area (Å²) in [7, 11) is 0. The highest BCUT2D eigenvalue weighted by molar-refractivity contribution is 6.30. The molecule has 4 rings (SSSR count). The van der Waals surface area contributed by atoms with Crippen LogP contribution in [-0.2, 0) is 11.4 Å². The lowest BCUT2D eigenvalue weighted by Gasteiger charge is -2.25. The zero-order valence-corrected chi connectivity index (χ0v) is 17.2. The summed E-state index contributed by atoms with van der Waals surface area (Å²) in [5.41, 5.74) is 2.23. The third-order valence-corrected chi connectivity index (χ3v) is 5.22. The summed E-state index contributed by atoms with van der Waals surface area (Å²) in [6.07, 6.45) is 0.0392.